The summed E-state index contributed by atoms with van der Waals surface area (Å²) in [5.41, 5.74) is 4.67. The summed E-state index contributed by atoms with van der Waals surface area (Å²) in [6, 6.07) is 14.4. The van der Waals surface area contributed by atoms with Gasteiger partial charge in [-0.05, 0) is 42.7 Å². The summed E-state index contributed by atoms with van der Waals surface area (Å²) in [5.74, 6) is -0.290. The first-order valence-corrected chi connectivity index (χ1v) is 8.62. The summed E-state index contributed by atoms with van der Waals surface area (Å²) >= 11 is 0. The molecule has 3 aromatic rings. The highest BCUT2D eigenvalue weighted by Gasteiger charge is 2.29. The molecule has 0 radical (unpaired) electrons. The number of halogens is 1. The van der Waals surface area contributed by atoms with Gasteiger partial charge in [0.15, 0.2) is 0 Å². The number of methoxy groups -OCH3 is 1. The Balaban J connectivity index is 2.02. The summed E-state index contributed by atoms with van der Waals surface area (Å²) in [6.45, 7) is 0. The van der Waals surface area contributed by atoms with Crippen molar-refractivity contribution in [1.29, 1.82) is 0 Å². The van der Waals surface area contributed by atoms with Crippen molar-refractivity contribution >= 4 is 22.9 Å². The monoisotopic (exact) mass is 347 g/mol. The highest BCUT2D eigenvalue weighted by molar-refractivity contribution is 6.01. The van der Waals surface area contributed by atoms with Crippen molar-refractivity contribution in [2.75, 3.05) is 7.11 Å². The number of ether oxygens (including phenoxy) is 1. The van der Waals surface area contributed by atoms with Crippen molar-refractivity contribution in [2.45, 2.75) is 18.8 Å². The molecule has 130 valence electrons. The van der Waals surface area contributed by atoms with Gasteiger partial charge in [0.25, 0.3) is 0 Å². The molecule has 0 atom stereocenters. The molecule has 4 heteroatoms. The zero-order chi connectivity index (χ0) is 18.1. The number of carbonyl (C=O) groups excluding carboxylic acids is 1. The summed E-state index contributed by atoms with van der Waals surface area (Å²) in [5, 5.41) is 0.980. The topological polar surface area (TPSA) is 39.2 Å². The van der Waals surface area contributed by atoms with Crippen LogP contribution < -0.4 is 0 Å². The van der Waals surface area contributed by atoms with Gasteiger partial charge in [0, 0.05) is 28.5 Å². The molecule has 26 heavy (non-hydrogen) atoms. The van der Waals surface area contributed by atoms with Gasteiger partial charge in [-0.3, -0.25) is 4.98 Å². The van der Waals surface area contributed by atoms with Crippen LogP contribution in [-0.4, -0.2) is 18.1 Å². The number of pyridine rings is 1. The Morgan fingerprint density at radius 2 is 1.88 bits per heavy atom. The standard InChI is InChI=1S/C22H18FNO2/c1-26-20(25)13-12-18-21(14-8-10-16(23)11-9-14)17-4-2-3-5-19(17)24-22(18)15-6-7-15/h2-5,8-13,15H,6-7H2,1H3. The molecule has 0 amide bonds. The Kier molecular flexibility index (Phi) is 4.25. The van der Waals surface area contributed by atoms with Crippen LogP contribution in [0, 0.1) is 5.82 Å². The Labute approximate surface area is 151 Å². The number of nitrogens with zero attached hydrogens (tertiary/aromatic N) is 1. The second-order valence-electron chi connectivity index (χ2n) is 6.44. The average Bonchev–Trinajstić information content (AvgIpc) is 3.51. The fourth-order valence-corrected chi connectivity index (χ4v) is 3.23. The minimum Gasteiger partial charge on any atom is -0.466 e. The Morgan fingerprint density at radius 3 is 2.58 bits per heavy atom. The molecule has 1 fully saturated rings. The molecule has 2 aromatic carbocycles. The van der Waals surface area contributed by atoms with Crippen LogP contribution in [0.25, 0.3) is 28.1 Å². The van der Waals surface area contributed by atoms with E-state index in [9.17, 15) is 9.18 Å². The van der Waals surface area contributed by atoms with E-state index in [1.54, 1.807) is 18.2 Å². The number of fused-ring (bicyclic) bond motifs is 1. The summed E-state index contributed by atoms with van der Waals surface area (Å²) in [4.78, 5) is 16.5. The quantitative estimate of drug-likeness (QED) is 0.487. The number of esters is 1. The van der Waals surface area contributed by atoms with Crippen LogP contribution in [0.15, 0.2) is 54.6 Å². The molecule has 0 spiro atoms. The van der Waals surface area contributed by atoms with E-state index in [1.807, 2.05) is 24.3 Å². The molecule has 1 aliphatic rings. The molecular weight excluding hydrogens is 329 g/mol. The van der Waals surface area contributed by atoms with E-state index in [1.165, 1.54) is 25.3 Å². The van der Waals surface area contributed by atoms with Crippen molar-refractivity contribution in [2.24, 2.45) is 0 Å². The number of para-hydroxylation sites is 1. The highest BCUT2D eigenvalue weighted by atomic mass is 19.1. The largest absolute Gasteiger partial charge is 0.466 e. The lowest BCUT2D eigenvalue weighted by atomic mass is 9.92. The maximum Gasteiger partial charge on any atom is 0.330 e. The van der Waals surface area contributed by atoms with E-state index in [0.29, 0.717) is 5.92 Å². The minimum atomic E-state index is -0.412. The molecule has 1 aromatic heterocycles. The smallest absolute Gasteiger partial charge is 0.330 e. The maximum atomic E-state index is 13.4. The van der Waals surface area contributed by atoms with E-state index in [0.717, 1.165) is 46.1 Å². The first-order valence-electron chi connectivity index (χ1n) is 8.62. The van der Waals surface area contributed by atoms with Crippen molar-refractivity contribution < 1.29 is 13.9 Å². The number of carbonyl (C=O) groups is 1. The van der Waals surface area contributed by atoms with Crippen molar-refractivity contribution in [1.82, 2.24) is 4.98 Å². The van der Waals surface area contributed by atoms with Gasteiger partial charge in [-0.1, -0.05) is 30.3 Å². The van der Waals surface area contributed by atoms with Gasteiger partial charge >= 0.3 is 5.97 Å². The van der Waals surface area contributed by atoms with Crippen molar-refractivity contribution in [3.8, 4) is 11.1 Å². The van der Waals surface area contributed by atoms with E-state index in [2.05, 4.69) is 0 Å². The van der Waals surface area contributed by atoms with Gasteiger partial charge < -0.3 is 4.74 Å². The number of aromatic nitrogens is 1. The van der Waals surface area contributed by atoms with Crippen LogP contribution in [-0.2, 0) is 9.53 Å². The lowest BCUT2D eigenvalue weighted by molar-refractivity contribution is -0.134. The summed E-state index contributed by atoms with van der Waals surface area (Å²) in [7, 11) is 1.36. The zero-order valence-corrected chi connectivity index (χ0v) is 14.4. The predicted octanol–water partition coefficient (Wildman–Crippen LogP) is 5.10. The lowest BCUT2D eigenvalue weighted by Crippen LogP contribution is -1.99. The summed E-state index contributed by atoms with van der Waals surface area (Å²) in [6.07, 6.45) is 5.38. The Hall–Kier alpha value is -3.01. The first-order chi connectivity index (χ1) is 12.7. The van der Waals surface area contributed by atoms with Gasteiger partial charge in [-0.2, -0.15) is 0 Å². The van der Waals surface area contributed by atoms with Crippen molar-refractivity contribution in [3.63, 3.8) is 0 Å². The molecule has 0 unspecified atom stereocenters. The van der Waals surface area contributed by atoms with Gasteiger partial charge in [-0.25, -0.2) is 9.18 Å². The fraction of sp³-hybridized carbons (Fsp3) is 0.182. The average molecular weight is 347 g/mol. The van der Waals surface area contributed by atoms with E-state index in [4.69, 9.17) is 9.72 Å². The third-order valence-electron chi connectivity index (χ3n) is 4.64. The van der Waals surface area contributed by atoms with E-state index in [-0.39, 0.29) is 5.82 Å². The normalized spacial score (nSPS) is 14.1. The molecule has 1 heterocycles. The molecule has 3 nitrogen and oxygen atoms in total. The molecule has 1 saturated carbocycles. The molecular formula is C22H18FNO2. The zero-order valence-electron chi connectivity index (χ0n) is 14.4. The minimum absolute atomic E-state index is 0.277. The number of hydrogen-bond acceptors (Lipinski definition) is 3. The molecule has 0 bridgehead atoms. The molecule has 0 N–H and O–H groups in total. The number of hydrogen-bond donors (Lipinski definition) is 0. The SMILES string of the molecule is COC(=O)C=Cc1c(C2CC2)nc2ccccc2c1-c1ccc(F)cc1. The lowest BCUT2D eigenvalue weighted by Gasteiger charge is -2.15. The van der Waals surface area contributed by atoms with Gasteiger partial charge in [-0.15, -0.1) is 0 Å². The second-order valence-corrected chi connectivity index (χ2v) is 6.44. The third kappa shape index (κ3) is 3.10. The fourth-order valence-electron chi connectivity index (χ4n) is 3.23. The van der Waals surface area contributed by atoms with Crippen LogP contribution >= 0.6 is 0 Å². The van der Waals surface area contributed by atoms with Crippen molar-refractivity contribution in [3.05, 3.63) is 71.7 Å². The van der Waals surface area contributed by atoms with Crippen LogP contribution in [0.5, 0.6) is 0 Å². The van der Waals surface area contributed by atoms with Crippen LogP contribution in [0.2, 0.25) is 0 Å². The Bertz CT molecular complexity index is 1000. The molecule has 0 saturated heterocycles. The van der Waals surface area contributed by atoms with E-state index >= 15 is 0 Å². The maximum absolute atomic E-state index is 13.4. The molecule has 0 aliphatic heterocycles. The van der Waals surface area contributed by atoms with Crippen LogP contribution in [0.4, 0.5) is 4.39 Å². The predicted molar refractivity (Wildman–Crippen MR) is 100 cm³/mol. The third-order valence-corrected chi connectivity index (χ3v) is 4.64. The van der Waals surface area contributed by atoms with Gasteiger partial charge in [0.2, 0.25) is 0 Å². The number of rotatable bonds is 4. The highest BCUT2D eigenvalue weighted by Crippen LogP contribution is 2.45. The van der Waals surface area contributed by atoms with E-state index < -0.39 is 5.97 Å². The van der Waals surface area contributed by atoms with Gasteiger partial charge in [0.1, 0.15) is 5.82 Å². The number of benzene rings is 2. The van der Waals surface area contributed by atoms with Crippen LogP contribution in [0.1, 0.15) is 30.0 Å². The van der Waals surface area contributed by atoms with Gasteiger partial charge in [0.05, 0.1) is 18.3 Å². The summed E-state index contributed by atoms with van der Waals surface area (Å²) < 4.78 is 18.2. The Morgan fingerprint density at radius 1 is 1.15 bits per heavy atom. The first kappa shape index (κ1) is 16.5. The van der Waals surface area contributed by atoms with Crippen LogP contribution in [0.3, 0.4) is 0 Å². The second kappa shape index (κ2) is 6.71. The molecule has 1 aliphatic carbocycles. The molecule has 4 rings (SSSR count).